The number of rotatable bonds is 5. The van der Waals surface area contributed by atoms with Gasteiger partial charge in [-0.1, -0.05) is 6.07 Å². The summed E-state index contributed by atoms with van der Waals surface area (Å²) in [5, 5.41) is 0. The molecule has 15 heavy (non-hydrogen) atoms. The number of nitrogens with zero attached hydrogens (tertiary/aromatic N) is 1. The maximum atomic E-state index is 5.48. The van der Waals surface area contributed by atoms with E-state index in [1.54, 1.807) is 0 Å². The fraction of sp³-hybridized carbons (Fsp3) is 0.545. The fourth-order valence-electron chi connectivity index (χ4n) is 1.53. The highest BCUT2D eigenvalue weighted by Gasteiger charge is 2.13. The van der Waals surface area contributed by atoms with Crippen LogP contribution in [0.1, 0.15) is 29.8 Å². The molecular weight excluding hydrogens is 190 g/mol. The molecule has 0 radical (unpaired) electrons. The number of nitrogens with two attached hydrogens (primary N) is 1. The molecule has 3 N–H and O–H groups in total. The first kappa shape index (κ1) is 12.1. The third-order valence-corrected chi connectivity index (χ3v) is 2.28. The van der Waals surface area contributed by atoms with Crippen molar-refractivity contribution in [2.45, 2.75) is 26.8 Å². The SMILES string of the molecule is CCOCC(NN)c1ncc(C)cc1C. The standard InChI is InChI=1S/C11H19N3O/c1-4-15-7-10(14-12)11-9(3)5-8(2)6-13-11/h5-6,10,14H,4,7,12H2,1-3H3. The molecular formula is C11H19N3O. The van der Waals surface area contributed by atoms with E-state index in [2.05, 4.69) is 16.5 Å². The Bertz CT molecular complexity index is 315. The average molecular weight is 209 g/mol. The molecule has 1 heterocycles. The van der Waals surface area contributed by atoms with Crippen LogP contribution in [0, 0.1) is 13.8 Å². The van der Waals surface area contributed by atoms with Crippen molar-refractivity contribution in [3.8, 4) is 0 Å². The molecule has 1 aromatic rings. The van der Waals surface area contributed by atoms with Crippen LogP contribution in [0.5, 0.6) is 0 Å². The minimum absolute atomic E-state index is 0.0365. The van der Waals surface area contributed by atoms with Gasteiger partial charge in [0.05, 0.1) is 18.3 Å². The van der Waals surface area contributed by atoms with Crippen LogP contribution in [0.25, 0.3) is 0 Å². The Labute approximate surface area is 90.8 Å². The Morgan fingerprint density at radius 1 is 1.53 bits per heavy atom. The Kier molecular flexibility index (Phi) is 4.68. The average Bonchev–Trinajstić information content (AvgIpc) is 2.21. The van der Waals surface area contributed by atoms with Crippen molar-refractivity contribution < 1.29 is 4.74 Å². The smallest absolute Gasteiger partial charge is 0.0867 e. The zero-order chi connectivity index (χ0) is 11.3. The minimum atomic E-state index is -0.0365. The van der Waals surface area contributed by atoms with Gasteiger partial charge in [-0.05, 0) is 31.9 Å². The zero-order valence-electron chi connectivity index (χ0n) is 9.58. The molecule has 0 bridgehead atoms. The summed E-state index contributed by atoms with van der Waals surface area (Å²) in [6.07, 6.45) is 1.85. The van der Waals surface area contributed by atoms with E-state index in [0.717, 1.165) is 16.8 Å². The second-order valence-corrected chi connectivity index (χ2v) is 3.59. The van der Waals surface area contributed by atoms with Crippen molar-refractivity contribution in [3.63, 3.8) is 0 Å². The highest BCUT2D eigenvalue weighted by Crippen LogP contribution is 2.15. The molecule has 0 saturated heterocycles. The van der Waals surface area contributed by atoms with Crippen molar-refractivity contribution in [2.75, 3.05) is 13.2 Å². The number of hydrazine groups is 1. The van der Waals surface area contributed by atoms with Crippen molar-refractivity contribution in [3.05, 3.63) is 29.1 Å². The molecule has 84 valence electrons. The van der Waals surface area contributed by atoms with E-state index in [-0.39, 0.29) is 6.04 Å². The lowest BCUT2D eigenvalue weighted by atomic mass is 10.1. The van der Waals surface area contributed by atoms with E-state index in [9.17, 15) is 0 Å². The number of ether oxygens (including phenoxy) is 1. The van der Waals surface area contributed by atoms with Gasteiger partial charge in [0.15, 0.2) is 0 Å². The Balaban J connectivity index is 2.81. The summed E-state index contributed by atoms with van der Waals surface area (Å²) in [6.45, 7) is 7.25. The van der Waals surface area contributed by atoms with Gasteiger partial charge in [0.1, 0.15) is 0 Å². The Morgan fingerprint density at radius 3 is 2.80 bits per heavy atom. The largest absolute Gasteiger partial charge is 0.380 e. The number of hydrogen-bond acceptors (Lipinski definition) is 4. The van der Waals surface area contributed by atoms with Crippen LogP contribution in [0.4, 0.5) is 0 Å². The highest BCUT2D eigenvalue weighted by atomic mass is 16.5. The van der Waals surface area contributed by atoms with Gasteiger partial charge in [0, 0.05) is 12.8 Å². The van der Waals surface area contributed by atoms with E-state index in [1.165, 1.54) is 0 Å². The molecule has 0 aliphatic rings. The maximum Gasteiger partial charge on any atom is 0.0867 e. The van der Waals surface area contributed by atoms with Crippen molar-refractivity contribution >= 4 is 0 Å². The second-order valence-electron chi connectivity index (χ2n) is 3.59. The van der Waals surface area contributed by atoms with Crippen LogP contribution < -0.4 is 11.3 Å². The van der Waals surface area contributed by atoms with Crippen LogP contribution in [-0.4, -0.2) is 18.2 Å². The second kappa shape index (κ2) is 5.80. The molecule has 0 aromatic carbocycles. The van der Waals surface area contributed by atoms with Gasteiger partial charge in [-0.15, -0.1) is 0 Å². The summed E-state index contributed by atoms with van der Waals surface area (Å²) < 4.78 is 5.34. The predicted molar refractivity (Wildman–Crippen MR) is 60.3 cm³/mol. The number of aryl methyl sites for hydroxylation is 2. The van der Waals surface area contributed by atoms with Gasteiger partial charge >= 0.3 is 0 Å². The van der Waals surface area contributed by atoms with Crippen LogP contribution in [0.15, 0.2) is 12.3 Å². The molecule has 0 saturated carbocycles. The summed E-state index contributed by atoms with van der Waals surface area (Å²) in [6, 6.07) is 2.06. The minimum Gasteiger partial charge on any atom is -0.380 e. The molecule has 0 spiro atoms. The summed E-state index contributed by atoms with van der Waals surface area (Å²) in [5.41, 5.74) is 5.97. The monoisotopic (exact) mass is 209 g/mol. The number of nitrogens with one attached hydrogen (secondary N) is 1. The first-order chi connectivity index (χ1) is 7.19. The topological polar surface area (TPSA) is 60.2 Å². The van der Waals surface area contributed by atoms with Gasteiger partial charge in [0.2, 0.25) is 0 Å². The molecule has 1 unspecified atom stereocenters. The molecule has 0 amide bonds. The maximum absolute atomic E-state index is 5.48. The summed E-state index contributed by atoms with van der Waals surface area (Å²) in [7, 11) is 0. The third kappa shape index (κ3) is 3.27. The lowest BCUT2D eigenvalue weighted by molar-refractivity contribution is 0.122. The molecule has 4 nitrogen and oxygen atoms in total. The normalized spacial score (nSPS) is 12.8. The van der Waals surface area contributed by atoms with Crippen molar-refractivity contribution in [1.29, 1.82) is 0 Å². The van der Waals surface area contributed by atoms with E-state index in [0.29, 0.717) is 13.2 Å². The molecule has 1 atom stereocenters. The first-order valence-electron chi connectivity index (χ1n) is 5.16. The van der Waals surface area contributed by atoms with Gasteiger partial charge in [-0.25, -0.2) is 5.43 Å². The Hall–Kier alpha value is -0.970. The predicted octanol–water partition coefficient (Wildman–Crippen LogP) is 1.24. The zero-order valence-corrected chi connectivity index (χ0v) is 9.58. The van der Waals surface area contributed by atoms with E-state index in [4.69, 9.17) is 10.6 Å². The Morgan fingerprint density at radius 2 is 2.27 bits per heavy atom. The quantitative estimate of drug-likeness (QED) is 0.566. The fourth-order valence-corrected chi connectivity index (χ4v) is 1.53. The van der Waals surface area contributed by atoms with Crippen LogP contribution in [-0.2, 0) is 4.74 Å². The summed E-state index contributed by atoms with van der Waals surface area (Å²) in [4.78, 5) is 4.38. The molecule has 0 aliphatic carbocycles. The molecule has 1 rings (SSSR count). The van der Waals surface area contributed by atoms with E-state index >= 15 is 0 Å². The molecule has 0 aliphatic heterocycles. The number of pyridine rings is 1. The van der Waals surface area contributed by atoms with E-state index < -0.39 is 0 Å². The van der Waals surface area contributed by atoms with Crippen LogP contribution in [0.3, 0.4) is 0 Å². The van der Waals surface area contributed by atoms with Gasteiger partial charge in [0.25, 0.3) is 0 Å². The summed E-state index contributed by atoms with van der Waals surface area (Å²) in [5.74, 6) is 5.48. The number of hydrogen-bond donors (Lipinski definition) is 2. The van der Waals surface area contributed by atoms with Gasteiger partial charge in [-0.2, -0.15) is 0 Å². The van der Waals surface area contributed by atoms with Crippen LogP contribution in [0.2, 0.25) is 0 Å². The summed E-state index contributed by atoms with van der Waals surface area (Å²) >= 11 is 0. The number of aromatic nitrogens is 1. The third-order valence-electron chi connectivity index (χ3n) is 2.28. The van der Waals surface area contributed by atoms with Crippen LogP contribution >= 0.6 is 0 Å². The van der Waals surface area contributed by atoms with Crippen molar-refractivity contribution in [1.82, 2.24) is 10.4 Å². The lowest BCUT2D eigenvalue weighted by Gasteiger charge is -2.17. The van der Waals surface area contributed by atoms with Gasteiger partial charge in [-0.3, -0.25) is 10.8 Å². The molecule has 0 fully saturated rings. The first-order valence-corrected chi connectivity index (χ1v) is 5.16. The molecule has 4 heteroatoms. The van der Waals surface area contributed by atoms with Crippen molar-refractivity contribution in [2.24, 2.45) is 5.84 Å². The lowest BCUT2D eigenvalue weighted by Crippen LogP contribution is -2.32. The van der Waals surface area contributed by atoms with Gasteiger partial charge < -0.3 is 4.74 Å². The van der Waals surface area contributed by atoms with E-state index in [1.807, 2.05) is 27.0 Å². The molecule has 1 aromatic heterocycles. The highest BCUT2D eigenvalue weighted by molar-refractivity contribution is 5.25.